The lowest BCUT2D eigenvalue weighted by Crippen LogP contribution is -2.24. The van der Waals surface area contributed by atoms with Gasteiger partial charge >= 0.3 is 0 Å². The average molecular weight is 234 g/mol. The van der Waals surface area contributed by atoms with Gasteiger partial charge in [0, 0.05) is 17.8 Å². The molecule has 0 amide bonds. The average Bonchev–Trinajstić information content (AvgIpc) is 2.58. The standard InChI is InChI=1S/C14H22N2O/c1-17-14-7-6-13(15)10-12(14)11-16-8-4-2-3-5-9-16/h6-7,10H,2-5,8-9,11,15H2,1H3. The second-order valence-electron chi connectivity index (χ2n) is 4.76. The van der Waals surface area contributed by atoms with Gasteiger partial charge in [0.1, 0.15) is 5.75 Å². The molecule has 1 heterocycles. The summed E-state index contributed by atoms with van der Waals surface area (Å²) in [5.74, 6) is 0.948. The Balaban J connectivity index is 2.07. The molecule has 0 spiro atoms. The molecule has 0 bridgehead atoms. The largest absolute Gasteiger partial charge is 0.496 e. The van der Waals surface area contributed by atoms with Crippen molar-refractivity contribution in [2.75, 3.05) is 25.9 Å². The Kier molecular flexibility index (Phi) is 4.26. The summed E-state index contributed by atoms with van der Waals surface area (Å²) in [4.78, 5) is 2.50. The predicted octanol–water partition coefficient (Wildman–Crippen LogP) is 2.65. The fourth-order valence-electron chi connectivity index (χ4n) is 2.46. The lowest BCUT2D eigenvalue weighted by Gasteiger charge is -2.21. The van der Waals surface area contributed by atoms with Crippen molar-refractivity contribution < 1.29 is 4.74 Å². The first-order valence-corrected chi connectivity index (χ1v) is 6.44. The first kappa shape index (κ1) is 12.2. The van der Waals surface area contributed by atoms with Crippen LogP contribution in [0.5, 0.6) is 5.75 Å². The lowest BCUT2D eigenvalue weighted by atomic mass is 10.1. The molecule has 0 atom stereocenters. The van der Waals surface area contributed by atoms with E-state index >= 15 is 0 Å². The molecule has 0 aliphatic carbocycles. The fourth-order valence-corrected chi connectivity index (χ4v) is 2.46. The smallest absolute Gasteiger partial charge is 0.123 e. The van der Waals surface area contributed by atoms with Crippen molar-refractivity contribution in [3.63, 3.8) is 0 Å². The molecule has 2 rings (SSSR count). The number of ether oxygens (including phenoxy) is 1. The topological polar surface area (TPSA) is 38.5 Å². The maximum absolute atomic E-state index is 5.84. The zero-order valence-electron chi connectivity index (χ0n) is 10.6. The van der Waals surface area contributed by atoms with E-state index < -0.39 is 0 Å². The summed E-state index contributed by atoms with van der Waals surface area (Å²) in [5.41, 5.74) is 7.86. The zero-order valence-corrected chi connectivity index (χ0v) is 10.6. The molecule has 0 aromatic heterocycles. The highest BCUT2D eigenvalue weighted by molar-refractivity contribution is 5.47. The van der Waals surface area contributed by atoms with Gasteiger partial charge in [-0.25, -0.2) is 0 Å². The Morgan fingerprint density at radius 3 is 2.53 bits per heavy atom. The minimum Gasteiger partial charge on any atom is -0.496 e. The summed E-state index contributed by atoms with van der Waals surface area (Å²) in [6, 6.07) is 5.89. The monoisotopic (exact) mass is 234 g/mol. The number of benzene rings is 1. The zero-order chi connectivity index (χ0) is 12.1. The van der Waals surface area contributed by atoms with Gasteiger partial charge in [0.15, 0.2) is 0 Å². The van der Waals surface area contributed by atoms with Gasteiger partial charge in [-0.05, 0) is 44.1 Å². The van der Waals surface area contributed by atoms with Gasteiger partial charge in [0.2, 0.25) is 0 Å². The van der Waals surface area contributed by atoms with Crippen LogP contribution in [0.2, 0.25) is 0 Å². The van der Waals surface area contributed by atoms with Crippen molar-refractivity contribution in [1.29, 1.82) is 0 Å². The molecular formula is C14H22N2O. The van der Waals surface area contributed by atoms with E-state index in [1.54, 1.807) is 7.11 Å². The molecule has 1 aliphatic heterocycles. The third-order valence-electron chi connectivity index (χ3n) is 3.40. The van der Waals surface area contributed by atoms with E-state index in [0.717, 1.165) is 18.0 Å². The summed E-state index contributed by atoms with van der Waals surface area (Å²) < 4.78 is 5.39. The van der Waals surface area contributed by atoms with Crippen molar-refractivity contribution in [1.82, 2.24) is 4.90 Å². The van der Waals surface area contributed by atoms with E-state index in [0.29, 0.717) is 0 Å². The van der Waals surface area contributed by atoms with Crippen LogP contribution < -0.4 is 10.5 Å². The van der Waals surface area contributed by atoms with Crippen molar-refractivity contribution in [2.45, 2.75) is 32.2 Å². The SMILES string of the molecule is COc1ccc(N)cc1CN1CCCCCC1. The summed E-state index contributed by atoms with van der Waals surface area (Å²) in [7, 11) is 1.72. The van der Waals surface area contributed by atoms with E-state index in [9.17, 15) is 0 Å². The highest BCUT2D eigenvalue weighted by atomic mass is 16.5. The predicted molar refractivity (Wildman–Crippen MR) is 71.2 cm³/mol. The third-order valence-corrected chi connectivity index (χ3v) is 3.40. The van der Waals surface area contributed by atoms with Gasteiger partial charge < -0.3 is 10.5 Å². The first-order valence-electron chi connectivity index (χ1n) is 6.44. The number of hydrogen-bond donors (Lipinski definition) is 1. The summed E-state index contributed by atoms with van der Waals surface area (Å²) >= 11 is 0. The molecule has 17 heavy (non-hydrogen) atoms. The van der Waals surface area contributed by atoms with Crippen LogP contribution in [0.15, 0.2) is 18.2 Å². The quantitative estimate of drug-likeness (QED) is 0.817. The molecule has 0 saturated carbocycles. The Morgan fingerprint density at radius 2 is 1.88 bits per heavy atom. The second-order valence-corrected chi connectivity index (χ2v) is 4.76. The molecule has 0 radical (unpaired) electrons. The van der Waals surface area contributed by atoms with Crippen LogP contribution in [0.4, 0.5) is 5.69 Å². The number of nitrogens with two attached hydrogens (primary N) is 1. The Labute approximate surface area is 104 Å². The molecule has 1 saturated heterocycles. The van der Waals surface area contributed by atoms with Crippen molar-refractivity contribution >= 4 is 5.69 Å². The van der Waals surface area contributed by atoms with Gasteiger partial charge in [-0.1, -0.05) is 12.8 Å². The molecular weight excluding hydrogens is 212 g/mol. The van der Waals surface area contributed by atoms with Crippen molar-refractivity contribution in [3.05, 3.63) is 23.8 Å². The Morgan fingerprint density at radius 1 is 1.18 bits per heavy atom. The van der Waals surface area contributed by atoms with Crippen LogP contribution in [0.3, 0.4) is 0 Å². The van der Waals surface area contributed by atoms with Gasteiger partial charge in [0.05, 0.1) is 7.11 Å². The first-order chi connectivity index (χ1) is 8.29. The number of rotatable bonds is 3. The van der Waals surface area contributed by atoms with Gasteiger partial charge in [-0.3, -0.25) is 4.90 Å². The summed E-state index contributed by atoms with van der Waals surface area (Å²) in [6.07, 6.45) is 5.35. The van der Waals surface area contributed by atoms with Gasteiger partial charge in [-0.2, -0.15) is 0 Å². The van der Waals surface area contributed by atoms with E-state index in [1.807, 2.05) is 18.2 Å². The highest BCUT2D eigenvalue weighted by Gasteiger charge is 2.12. The molecule has 2 N–H and O–H groups in total. The van der Waals surface area contributed by atoms with Crippen LogP contribution in [0.25, 0.3) is 0 Å². The van der Waals surface area contributed by atoms with Crippen LogP contribution in [-0.4, -0.2) is 25.1 Å². The van der Waals surface area contributed by atoms with Gasteiger partial charge in [0.25, 0.3) is 0 Å². The van der Waals surface area contributed by atoms with E-state index in [1.165, 1.54) is 44.3 Å². The Hall–Kier alpha value is -1.22. The number of hydrogen-bond acceptors (Lipinski definition) is 3. The van der Waals surface area contributed by atoms with Crippen LogP contribution in [-0.2, 0) is 6.54 Å². The number of anilines is 1. The minimum atomic E-state index is 0.815. The third kappa shape index (κ3) is 3.37. The van der Waals surface area contributed by atoms with Crippen molar-refractivity contribution in [3.8, 4) is 5.75 Å². The Bertz CT molecular complexity index is 357. The molecule has 3 heteroatoms. The maximum atomic E-state index is 5.84. The molecule has 1 aromatic rings. The molecule has 3 nitrogen and oxygen atoms in total. The summed E-state index contributed by atoms with van der Waals surface area (Å²) in [5, 5.41) is 0. The van der Waals surface area contributed by atoms with E-state index in [4.69, 9.17) is 10.5 Å². The molecule has 1 aromatic carbocycles. The van der Waals surface area contributed by atoms with Crippen molar-refractivity contribution in [2.24, 2.45) is 0 Å². The number of methoxy groups -OCH3 is 1. The van der Waals surface area contributed by atoms with Crippen LogP contribution in [0, 0.1) is 0 Å². The van der Waals surface area contributed by atoms with E-state index in [-0.39, 0.29) is 0 Å². The molecule has 1 fully saturated rings. The number of nitrogen functional groups attached to an aromatic ring is 1. The fraction of sp³-hybridized carbons (Fsp3) is 0.571. The van der Waals surface area contributed by atoms with Crippen LogP contribution >= 0.6 is 0 Å². The highest BCUT2D eigenvalue weighted by Crippen LogP contribution is 2.23. The maximum Gasteiger partial charge on any atom is 0.123 e. The molecule has 1 aliphatic rings. The van der Waals surface area contributed by atoms with Gasteiger partial charge in [-0.15, -0.1) is 0 Å². The van der Waals surface area contributed by atoms with E-state index in [2.05, 4.69) is 4.90 Å². The summed E-state index contributed by atoms with van der Waals surface area (Å²) in [6.45, 7) is 3.34. The number of likely N-dealkylation sites (tertiary alicyclic amines) is 1. The normalized spacial score (nSPS) is 17.7. The molecule has 94 valence electrons. The van der Waals surface area contributed by atoms with Crippen LogP contribution in [0.1, 0.15) is 31.2 Å². The lowest BCUT2D eigenvalue weighted by molar-refractivity contribution is 0.272. The number of nitrogens with zero attached hydrogens (tertiary/aromatic N) is 1. The molecule has 0 unspecified atom stereocenters. The second kappa shape index (κ2) is 5.92. The minimum absolute atomic E-state index is 0.815.